The lowest BCUT2D eigenvalue weighted by Crippen LogP contribution is -2.39. The Morgan fingerprint density at radius 2 is 2.04 bits per heavy atom. The SMILES string of the molecule is Cc1cccc(CC(=O)NCC2(c3ccc(C(C)O)s3)CCCC2)c1. The summed E-state index contributed by atoms with van der Waals surface area (Å²) in [5.74, 6) is 0.0872. The summed E-state index contributed by atoms with van der Waals surface area (Å²) in [4.78, 5) is 14.7. The number of aliphatic hydroxyl groups excluding tert-OH is 1. The molecule has 0 radical (unpaired) electrons. The van der Waals surface area contributed by atoms with Gasteiger partial charge in [0.15, 0.2) is 0 Å². The molecule has 2 N–H and O–H groups in total. The lowest BCUT2D eigenvalue weighted by atomic mass is 9.84. The van der Waals surface area contributed by atoms with Gasteiger partial charge >= 0.3 is 0 Å². The molecule has 1 fully saturated rings. The second kappa shape index (κ2) is 7.71. The van der Waals surface area contributed by atoms with E-state index in [4.69, 9.17) is 0 Å². The minimum absolute atomic E-state index is 0.0417. The van der Waals surface area contributed by atoms with Gasteiger partial charge in [0.25, 0.3) is 0 Å². The highest BCUT2D eigenvalue weighted by molar-refractivity contribution is 7.12. The maximum absolute atomic E-state index is 12.4. The van der Waals surface area contributed by atoms with Crippen molar-refractivity contribution in [2.45, 2.75) is 57.5 Å². The average molecular weight is 358 g/mol. The summed E-state index contributed by atoms with van der Waals surface area (Å²) in [5, 5.41) is 13.0. The number of nitrogens with one attached hydrogen (secondary N) is 1. The van der Waals surface area contributed by atoms with Crippen LogP contribution in [0.2, 0.25) is 0 Å². The van der Waals surface area contributed by atoms with Gasteiger partial charge in [0.2, 0.25) is 5.91 Å². The van der Waals surface area contributed by atoms with E-state index in [0.717, 1.165) is 23.3 Å². The van der Waals surface area contributed by atoms with Gasteiger partial charge in [-0.15, -0.1) is 11.3 Å². The third kappa shape index (κ3) is 4.31. The van der Waals surface area contributed by atoms with Crippen molar-refractivity contribution in [1.29, 1.82) is 0 Å². The third-order valence-electron chi connectivity index (χ3n) is 5.19. The van der Waals surface area contributed by atoms with Crippen LogP contribution in [0.5, 0.6) is 0 Å². The van der Waals surface area contributed by atoms with Crippen LogP contribution in [-0.4, -0.2) is 17.6 Å². The molecular weight excluding hydrogens is 330 g/mol. The maximum Gasteiger partial charge on any atom is 0.224 e. The van der Waals surface area contributed by atoms with Crippen LogP contribution in [0.25, 0.3) is 0 Å². The fourth-order valence-electron chi connectivity index (χ4n) is 3.76. The standard InChI is InChI=1S/C21H27NO2S/c1-15-6-5-7-17(12-15)13-20(24)22-14-21(10-3-4-11-21)19-9-8-18(25-19)16(2)23/h5-9,12,16,23H,3-4,10-11,13-14H2,1-2H3,(H,22,24). The van der Waals surface area contributed by atoms with E-state index in [-0.39, 0.29) is 11.3 Å². The first-order valence-electron chi connectivity index (χ1n) is 9.09. The van der Waals surface area contributed by atoms with Gasteiger partial charge in [-0.25, -0.2) is 0 Å². The van der Waals surface area contributed by atoms with E-state index in [1.165, 1.54) is 23.3 Å². The topological polar surface area (TPSA) is 49.3 Å². The number of hydrogen-bond donors (Lipinski definition) is 2. The Balaban J connectivity index is 1.66. The molecule has 1 aliphatic rings. The summed E-state index contributed by atoms with van der Waals surface area (Å²) in [7, 11) is 0. The molecule has 4 heteroatoms. The zero-order valence-electron chi connectivity index (χ0n) is 15.0. The largest absolute Gasteiger partial charge is 0.388 e. The smallest absolute Gasteiger partial charge is 0.224 e. The number of benzene rings is 1. The van der Waals surface area contributed by atoms with E-state index in [1.54, 1.807) is 18.3 Å². The summed E-state index contributed by atoms with van der Waals surface area (Å²) < 4.78 is 0. The molecule has 134 valence electrons. The van der Waals surface area contributed by atoms with Gasteiger partial charge in [-0.05, 0) is 44.4 Å². The van der Waals surface area contributed by atoms with Gasteiger partial charge < -0.3 is 10.4 Å². The van der Waals surface area contributed by atoms with Gasteiger partial charge in [0.05, 0.1) is 12.5 Å². The van der Waals surface area contributed by atoms with Crippen LogP contribution < -0.4 is 5.32 Å². The lowest BCUT2D eigenvalue weighted by Gasteiger charge is -2.28. The van der Waals surface area contributed by atoms with E-state index in [2.05, 4.69) is 17.4 Å². The second-order valence-electron chi connectivity index (χ2n) is 7.31. The normalized spacial score (nSPS) is 17.4. The Hall–Kier alpha value is -1.65. The van der Waals surface area contributed by atoms with E-state index in [1.807, 2.05) is 31.2 Å². The Morgan fingerprint density at radius 1 is 1.28 bits per heavy atom. The summed E-state index contributed by atoms with van der Waals surface area (Å²) >= 11 is 1.69. The third-order valence-corrected chi connectivity index (χ3v) is 6.69. The molecule has 1 atom stereocenters. The van der Waals surface area contributed by atoms with Crippen molar-refractivity contribution in [2.24, 2.45) is 0 Å². The highest BCUT2D eigenvalue weighted by Crippen LogP contribution is 2.44. The number of aryl methyl sites for hydroxylation is 1. The zero-order valence-corrected chi connectivity index (χ0v) is 15.9. The van der Waals surface area contributed by atoms with Gasteiger partial charge in [0.1, 0.15) is 0 Å². The number of hydrogen-bond acceptors (Lipinski definition) is 3. The molecule has 25 heavy (non-hydrogen) atoms. The Morgan fingerprint density at radius 3 is 2.68 bits per heavy atom. The minimum Gasteiger partial charge on any atom is -0.388 e. The average Bonchev–Trinajstić information content (AvgIpc) is 3.23. The lowest BCUT2D eigenvalue weighted by molar-refractivity contribution is -0.120. The molecule has 3 nitrogen and oxygen atoms in total. The monoisotopic (exact) mass is 357 g/mol. The molecule has 1 aliphatic carbocycles. The number of aliphatic hydroxyl groups is 1. The molecule has 3 rings (SSSR count). The van der Waals surface area contributed by atoms with Gasteiger partial charge in [-0.1, -0.05) is 42.7 Å². The predicted octanol–water partition coefficient (Wildman–Crippen LogP) is 4.28. The molecule has 1 aromatic heterocycles. The quantitative estimate of drug-likeness (QED) is 0.811. The van der Waals surface area contributed by atoms with Crippen molar-refractivity contribution in [3.8, 4) is 0 Å². The maximum atomic E-state index is 12.4. The van der Waals surface area contributed by atoms with Crippen LogP contribution in [0.3, 0.4) is 0 Å². The van der Waals surface area contributed by atoms with Gasteiger partial charge in [-0.3, -0.25) is 4.79 Å². The van der Waals surface area contributed by atoms with Crippen LogP contribution in [0.1, 0.15) is 59.6 Å². The predicted molar refractivity (Wildman–Crippen MR) is 103 cm³/mol. The van der Waals surface area contributed by atoms with Crippen LogP contribution in [0.4, 0.5) is 0 Å². The van der Waals surface area contributed by atoms with Gasteiger partial charge in [0, 0.05) is 21.7 Å². The van der Waals surface area contributed by atoms with E-state index in [9.17, 15) is 9.90 Å². The number of thiophene rings is 1. The Kier molecular flexibility index (Phi) is 5.60. The van der Waals surface area contributed by atoms with Crippen molar-refractivity contribution in [3.63, 3.8) is 0 Å². The van der Waals surface area contributed by atoms with Crippen LogP contribution in [0, 0.1) is 6.92 Å². The summed E-state index contributed by atoms with van der Waals surface area (Å²) in [6.07, 6.45) is 4.63. The Bertz CT molecular complexity index is 729. The van der Waals surface area contributed by atoms with Crippen molar-refractivity contribution in [1.82, 2.24) is 5.32 Å². The molecule has 2 aromatic rings. The van der Waals surface area contributed by atoms with E-state index < -0.39 is 6.10 Å². The summed E-state index contributed by atoms with van der Waals surface area (Å²) in [6.45, 7) is 4.55. The minimum atomic E-state index is -0.423. The molecule has 0 saturated heterocycles. The molecule has 1 aromatic carbocycles. The van der Waals surface area contributed by atoms with Crippen molar-refractivity contribution < 1.29 is 9.90 Å². The fourth-order valence-corrected chi connectivity index (χ4v) is 4.95. The van der Waals surface area contributed by atoms with Crippen molar-refractivity contribution in [3.05, 3.63) is 57.3 Å². The van der Waals surface area contributed by atoms with Crippen molar-refractivity contribution >= 4 is 17.2 Å². The fraction of sp³-hybridized carbons (Fsp3) is 0.476. The first-order valence-corrected chi connectivity index (χ1v) is 9.91. The number of carbonyl (C=O) groups is 1. The molecule has 1 heterocycles. The zero-order chi connectivity index (χ0) is 17.9. The van der Waals surface area contributed by atoms with Crippen LogP contribution in [0.15, 0.2) is 36.4 Å². The molecule has 1 unspecified atom stereocenters. The van der Waals surface area contributed by atoms with Crippen LogP contribution in [-0.2, 0) is 16.6 Å². The molecule has 1 saturated carbocycles. The molecule has 0 aliphatic heterocycles. The highest BCUT2D eigenvalue weighted by atomic mass is 32.1. The number of amides is 1. The van der Waals surface area contributed by atoms with Gasteiger partial charge in [-0.2, -0.15) is 0 Å². The molecule has 0 bridgehead atoms. The number of carbonyl (C=O) groups excluding carboxylic acids is 1. The highest BCUT2D eigenvalue weighted by Gasteiger charge is 2.37. The molecular formula is C21H27NO2S. The second-order valence-corrected chi connectivity index (χ2v) is 8.42. The van der Waals surface area contributed by atoms with Crippen LogP contribution >= 0.6 is 11.3 Å². The molecule has 0 spiro atoms. The Labute approximate surface area is 154 Å². The van der Waals surface area contributed by atoms with Crippen molar-refractivity contribution in [2.75, 3.05) is 6.54 Å². The summed E-state index contributed by atoms with van der Waals surface area (Å²) in [5.41, 5.74) is 2.28. The van der Waals surface area contributed by atoms with E-state index >= 15 is 0 Å². The van der Waals surface area contributed by atoms with E-state index in [0.29, 0.717) is 13.0 Å². The summed E-state index contributed by atoms with van der Waals surface area (Å²) in [6, 6.07) is 12.3. The number of rotatable bonds is 6. The first kappa shape index (κ1) is 18.2. The molecule has 1 amide bonds. The first-order chi connectivity index (χ1) is 12.0.